The summed E-state index contributed by atoms with van der Waals surface area (Å²) >= 11 is 0. The maximum Gasteiger partial charge on any atom is 0.231 e. The predicted octanol–water partition coefficient (Wildman–Crippen LogP) is 3.38. The Kier molecular flexibility index (Phi) is 5.12. The maximum atomic E-state index is 5.47. The molecule has 0 saturated heterocycles. The molecule has 0 bridgehead atoms. The Morgan fingerprint density at radius 1 is 1.24 bits per heavy atom. The molecule has 0 saturated carbocycles. The third-order valence-electron chi connectivity index (χ3n) is 4.23. The summed E-state index contributed by atoms with van der Waals surface area (Å²) < 4.78 is 5.47. The monoisotopic (exact) mass is 287 g/mol. The summed E-state index contributed by atoms with van der Waals surface area (Å²) in [7, 11) is 1.96. The zero-order valence-electron chi connectivity index (χ0n) is 13.6. The number of nitrogens with zero attached hydrogens (tertiary/aromatic N) is 2. The minimum absolute atomic E-state index is 0.260. The highest BCUT2D eigenvalue weighted by Gasteiger charge is 2.22. The van der Waals surface area contributed by atoms with Crippen molar-refractivity contribution in [1.29, 1.82) is 0 Å². The Hall–Kier alpha value is -1.68. The predicted molar refractivity (Wildman–Crippen MR) is 84.6 cm³/mol. The number of hydrogen-bond acceptors (Lipinski definition) is 4. The van der Waals surface area contributed by atoms with Gasteiger partial charge in [0.1, 0.15) is 0 Å². The van der Waals surface area contributed by atoms with E-state index < -0.39 is 0 Å². The fourth-order valence-corrected chi connectivity index (χ4v) is 2.53. The first-order valence-electron chi connectivity index (χ1n) is 7.61. The van der Waals surface area contributed by atoms with Gasteiger partial charge in [-0.15, -0.1) is 0 Å². The van der Waals surface area contributed by atoms with Gasteiger partial charge in [0.25, 0.3) is 0 Å². The quantitative estimate of drug-likeness (QED) is 0.885. The Bertz CT molecular complexity index is 591. The van der Waals surface area contributed by atoms with E-state index in [4.69, 9.17) is 4.52 Å². The summed E-state index contributed by atoms with van der Waals surface area (Å²) in [5.74, 6) is 1.75. The van der Waals surface area contributed by atoms with Gasteiger partial charge in [-0.3, -0.25) is 0 Å². The Balaban J connectivity index is 2.14. The van der Waals surface area contributed by atoms with E-state index in [1.807, 2.05) is 7.05 Å². The lowest BCUT2D eigenvalue weighted by atomic mass is 9.98. The molecule has 0 aliphatic heterocycles. The molecule has 1 aromatic heterocycles. The Labute approximate surface area is 127 Å². The van der Waals surface area contributed by atoms with Crippen LogP contribution < -0.4 is 5.32 Å². The molecule has 1 heterocycles. The molecular formula is C17H25N3O. The van der Waals surface area contributed by atoms with E-state index in [-0.39, 0.29) is 5.92 Å². The second-order valence-corrected chi connectivity index (χ2v) is 5.74. The summed E-state index contributed by atoms with van der Waals surface area (Å²) in [5.41, 5.74) is 3.83. The van der Waals surface area contributed by atoms with E-state index in [1.54, 1.807) is 0 Å². The standard InChI is InChI=1S/C17H25N3O/c1-6-15(13(4)18-5)17-19-16(20-21-17)10-14-8-7-11(2)12(3)9-14/h7-9,13,15,18H,6,10H2,1-5H3. The van der Waals surface area contributed by atoms with Gasteiger partial charge in [-0.05, 0) is 50.9 Å². The van der Waals surface area contributed by atoms with Gasteiger partial charge in [-0.1, -0.05) is 30.3 Å². The van der Waals surface area contributed by atoms with Crippen molar-refractivity contribution < 1.29 is 4.52 Å². The summed E-state index contributed by atoms with van der Waals surface area (Å²) in [5, 5.41) is 7.39. The highest BCUT2D eigenvalue weighted by atomic mass is 16.5. The number of benzene rings is 1. The first-order chi connectivity index (χ1) is 10.0. The molecule has 0 fully saturated rings. The van der Waals surface area contributed by atoms with Crippen molar-refractivity contribution in [2.75, 3.05) is 7.05 Å². The van der Waals surface area contributed by atoms with E-state index in [9.17, 15) is 0 Å². The van der Waals surface area contributed by atoms with Gasteiger partial charge in [-0.25, -0.2) is 0 Å². The molecule has 2 atom stereocenters. The van der Waals surface area contributed by atoms with Crippen LogP contribution >= 0.6 is 0 Å². The van der Waals surface area contributed by atoms with Crippen molar-refractivity contribution >= 4 is 0 Å². The molecule has 4 heteroatoms. The molecule has 0 aliphatic carbocycles. The van der Waals surface area contributed by atoms with Gasteiger partial charge < -0.3 is 9.84 Å². The molecule has 1 aromatic carbocycles. The number of aromatic nitrogens is 2. The summed E-state index contributed by atoms with van der Waals surface area (Å²) in [6, 6.07) is 6.79. The van der Waals surface area contributed by atoms with Crippen LogP contribution in [0.15, 0.2) is 22.7 Å². The van der Waals surface area contributed by atoms with Crippen LogP contribution in [0.5, 0.6) is 0 Å². The molecule has 0 aliphatic rings. The number of rotatable bonds is 6. The molecule has 2 aromatic rings. The lowest BCUT2D eigenvalue weighted by Crippen LogP contribution is -2.28. The molecule has 1 N–H and O–H groups in total. The van der Waals surface area contributed by atoms with Gasteiger partial charge in [-0.2, -0.15) is 4.98 Å². The third-order valence-corrected chi connectivity index (χ3v) is 4.23. The maximum absolute atomic E-state index is 5.47. The first kappa shape index (κ1) is 15.7. The molecule has 21 heavy (non-hydrogen) atoms. The Morgan fingerprint density at radius 2 is 2.00 bits per heavy atom. The third kappa shape index (κ3) is 3.70. The molecule has 4 nitrogen and oxygen atoms in total. The van der Waals surface area contributed by atoms with Crippen LogP contribution in [0.1, 0.15) is 54.6 Å². The van der Waals surface area contributed by atoms with Gasteiger partial charge in [0.15, 0.2) is 5.82 Å². The van der Waals surface area contributed by atoms with E-state index in [0.717, 1.165) is 24.6 Å². The van der Waals surface area contributed by atoms with Crippen LogP contribution in [-0.4, -0.2) is 23.2 Å². The number of likely N-dealkylation sites (N-methyl/N-ethyl adjacent to an activating group) is 1. The smallest absolute Gasteiger partial charge is 0.231 e. The Morgan fingerprint density at radius 3 is 2.62 bits per heavy atom. The largest absolute Gasteiger partial charge is 0.339 e. The van der Waals surface area contributed by atoms with Gasteiger partial charge >= 0.3 is 0 Å². The zero-order valence-corrected chi connectivity index (χ0v) is 13.6. The van der Waals surface area contributed by atoms with Crippen molar-refractivity contribution in [2.45, 2.75) is 52.5 Å². The van der Waals surface area contributed by atoms with Crippen molar-refractivity contribution in [3.05, 3.63) is 46.6 Å². The summed E-state index contributed by atoms with van der Waals surface area (Å²) in [6.07, 6.45) is 1.70. The van der Waals surface area contributed by atoms with Crippen LogP contribution in [0.4, 0.5) is 0 Å². The number of aryl methyl sites for hydroxylation is 2. The highest BCUT2D eigenvalue weighted by Crippen LogP contribution is 2.22. The van der Waals surface area contributed by atoms with Crippen LogP contribution in [0.3, 0.4) is 0 Å². The molecule has 2 unspecified atom stereocenters. The molecule has 2 rings (SSSR count). The SMILES string of the molecule is CCC(c1nc(Cc2ccc(C)c(C)c2)no1)C(C)NC. The van der Waals surface area contributed by atoms with Gasteiger partial charge in [0, 0.05) is 12.5 Å². The zero-order chi connectivity index (χ0) is 15.4. The van der Waals surface area contributed by atoms with E-state index in [0.29, 0.717) is 6.04 Å². The topological polar surface area (TPSA) is 51.0 Å². The lowest BCUT2D eigenvalue weighted by molar-refractivity contribution is 0.320. The molecular weight excluding hydrogens is 262 g/mol. The average molecular weight is 287 g/mol. The lowest BCUT2D eigenvalue weighted by Gasteiger charge is -2.17. The minimum atomic E-state index is 0.260. The summed E-state index contributed by atoms with van der Waals surface area (Å²) in [6.45, 7) is 8.53. The second kappa shape index (κ2) is 6.85. The van der Waals surface area contributed by atoms with Gasteiger partial charge in [0.05, 0.1) is 5.92 Å². The molecule has 0 radical (unpaired) electrons. The average Bonchev–Trinajstić information content (AvgIpc) is 2.91. The van der Waals surface area contributed by atoms with Crippen molar-refractivity contribution in [3.8, 4) is 0 Å². The molecule has 114 valence electrons. The minimum Gasteiger partial charge on any atom is -0.339 e. The molecule has 0 amide bonds. The number of hydrogen-bond donors (Lipinski definition) is 1. The summed E-state index contributed by atoms with van der Waals surface area (Å²) in [4.78, 5) is 4.58. The second-order valence-electron chi connectivity index (χ2n) is 5.74. The first-order valence-corrected chi connectivity index (χ1v) is 7.61. The normalized spacial score (nSPS) is 14.1. The van der Waals surface area contributed by atoms with Crippen LogP contribution in [0.25, 0.3) is 0 Å². The van der Waals surface area contributed by atoms with Crippen LogP contribution in [0.2, 0.25) is 0 Å². The van der Waals surface area contributed by atoms with Crippen molar-refractivity contribution in [3.63, 3.8) is 0 Å². The van der Waals surface area contributed by atoms with Gasteiger partial charge in [0.2, 0.25) is 5.89 Å². The molecule has 0 spiro atoms. The van der Waals surface area contributed by atoms with Crippen molar-refractivity contribution in [1.82, 2.24) is 15.5 Å². The van der Waals surface area contributed by atoms with Crippen LogP contribution in [0, 0.1) is 13.8 Å². The van der Waals surface area contributed by atoms with Crippen molar-refractivity contribution in [2.24, 2.45) is 0 Å². The van der Waals surface area contributed by atoms with E-state index in [2.05, 4.69) is 61.4 Å². The number of nitrogens with one attached hydrogen (secondary N) is 1. The fraction of sp³-hybridized carbons (Fsp3) is 0.529. The highest BCUT2D eigenvalue weighted by molar-refractivity contribution is 5.31. The van der Waals surface area contributed by atoms with E-state index in [1.165, 1.54) is 16.7 Å². The fourth-order valence-electron chi connectivity index (χ4n) is 2.53. The van der Waals surface area contributed by atoms with Crippen LogP contribution in [-0.2, 0) is 6.42 Å². The van der Waals surface area contributed by atoms with E-state index >= 15 is 0 Å².